The SMILES string of the molecule is C=C[SiH3].O.[Pt]. The van der Waals surface area contributed by atoms with Gasteiger partial charge in [-0.25, -0.2) is 0 Å². The van der Waals surface area contributed by atoms with Gasteiger partial charge in [0.1, 0.15) is 0 Å². The number of hydrogen-bond acceptors (Lipinski definition) is 0. The third kappa shape index (κ3) is 85.3. The van der Waals surface area contributed by atoms with Crippen molar-refractivity contribution in [2.45, 2.75) is 0 Å². The molecular weight excluding hydrogens is 263 g/mol. The smallest absolute Gasteiger partial charge is 0.0283 e. The van der Waals surface area contributed by atoms with E-state index in [1.807, 2.05) is 5.70 Å². The summed E-state index contributed by atoms with van der Waals surface area (Å²) in [5.41, 5.74) is 1.89. The van der Waals surface area contributed by atoms with Crippen molar-refractivity contribution < 1.29 is 26.5 Å². The first kappa shape index (κ1) is 17.5. The van der Waals surface area contributed by atoms with E-state index in [1.165, 1.54) is 0 Å². The van der Waals surface area contributed by atoms with Crippen LogP contribution in [0.4, 0.5) is 0 Å². The van der Waals surface area contributed by atoms with Crippen molar-refractivity contribution in [3.8, 4) is 0 Å². The van der Waals surface area contributed by atoms with E-state index in [-0.39, 0.29) is 26.5 Å². The molecule has 0 aromatic heterocycles. The van der Waals surface area contributed by atoms with Crippen molar-refractivity contribution in [1.82, 2.24) is 0 Å². The maximum absolute atomic E-state index is 3.42. The quantitative estimate of drug-likeness (QED) is 0.489. The van der Waals surface area contributed by atoms with Crippen molar-refractivity contribution in [2.75, 3.05) is 0 Å². The van der Waals surface area contributed by atoms with Gasteiger partial charge in [-0.3, -0.25) is 0 Å². The largest absolute Gasteiger partial charge is 0.412 e. The molecule has 36 valence electrons. The van der Waals surface area contributed by atoms with Gasteiger partial charge in [0, 0.05) is 31.3 Å². The first-order valence-electron chi connectivity index (χ1n) is 0.986. The minimum absolute atomic E-state index is 0. The Labute approximate surface area is 49.5 Å². The molecule has 0 bridgehead atoms. The van der Waals surface area contributed by atoms with Crippen LogP contribution in [0.1, 0.15) is 0 Å². The van der Waals surface area contributed by atoms with E-state index in [0.717, 1.165) is 10.2 Å². The second kappa shape index (κ2) is 23.2. The Bertz CT molecular complexity index is 17.1. The maximum Gasteiger partial charge on any atom is 0.0283 e. The Hall–Kier alpha value is 0.605. The first-order valence-corrected chi connectivity index (χ1v) is 2.14. The van der Waals surface area contributed by atoms with E-state index in [4.69, 9.17) is 0 Å². The summed E-state index contributed by atoms with van der Waals surface area (Å²) in [5, 5.41) is 0. The second-order valence-electron chi connectivity index (χ2n) is 0.408. The van der Waals surface area contributed by atoms with Gasteiger partial charge in [-0.2, -0.15) is 0 Å². The van der Waals surface area contributed by atoms with Crippen LogP contribution in [0.5, 0.6) is 0 Å². The Morgan fingerprint density at radius 2 is 1.60 bits per heavy atom. The summed E-state index contributed by atoms with van der Waals surface area (Å²) in [6.07, 6.45) is 0. The molecule has 0 spiro atoms. The number of hydrogen-bond donors (Lipinski definition) is 0. The van der Waals surface area contributed by atoms with Crippen molar-refractivity contribution in [3.05, 3.63) is 12.3 Å². The van der Waals surface area contributed by atoms with E-state index in [1.54, 1.807) is 0 Å². The minimum Gasteiger partial charge on any atom is -0.412 e. The Kier molecular flexibility index (Phi) is 81.4. The van der Waals surface area contributed by atoms with E-state index in [2.05, 4.69) is 6.58 Å². The van der Waals surface area contributed by atoms with Gasteiger partial charge in [0.25, 0.3) is 0 Å². The van der Waals surface area contributed by atoms with E-state index < -0.39 is 0 Å². The average Bonchev–Trinajstić information content (AvgIpc) is 0.918. The Morgan fingerprint density at radius 1 is 1.60 bits per heavy atom. The molecule has 0 heterocycles. The van der Waals surface area contributed by atoms with E-state index in [9.17, 15) is 0 Å². The molecule has 0 unspecified atom stereocenters. The molecular formula is C2H8OPtSi. The summed E-state index contributed by atoms with van der Waals surface area (Å²) in [6.45, 7) is 3.42. The molecule has 3 heteroatoms. The Morgan fingerprint density at radius 3 is 1.60 bits per heavy atom. The van der Waals surface area contributed by atoms with Gasteiger partial charge >= 0.3 is 0 Å². The molecule has 0 aromatic rings. The van der Waals surface area contributed by atoms with Gasteiger partial charge in [0.05, 0.1) is 0 Å². The summed E-state index contributed by atoms with van der Waals surface area (Å²) >= 11 is 0. The topological polar surface area (TPSA) is 31.5 Å². The summed E-state index contributed by atoms with van der Waals surface area (Å²) < 4.78 is 0. The summed E-state index contributed by atoms with van der Waals surface area (Å²) in [5.74, 6) is 0. The van der Waals surface area contributed by atoms with Gasteiger partial charge in [-0.15, -0.1) is 12.3 Å². The molecule has 0 aliphatic heterocycles. The van der Waals surface area contributed by atoms with Crippen molar-refractivity contribution in [1.29, 1.82) is 0 Å². The molecule has 0 fully saturated rings. The molecule has 0 saturated heterocycles. The van der Waals surface area contributed by atoms with Crippen LogP contribution in [-0.4, -0.2) is 15.7 Å². The van der Waals surface area contributed by atoms with Crippen LogP contribution >= 0.6 is 0 Å². The zero-order chi connectivity index (χ0) is 2.71. The van der Waals surface area contributed by atoms with Crippen LogP contribution in [0.25, 0.3) is 0 Å². The fraction of sp³-hybridized carbons (Fsp3) is 0. The van der Waals surface area contributed by atoms with Gasteiger partial charge in [-0.05, 0) is 0 Å². The molecule has 0 radical (unpaired) electrons. The van der Waals surface area contributed by atoms with Crippen LogP contribution < -0.4 is 0 Å². The molecule has 0 rings (SSSR count). The van der Waals surface area contributed by atoms with Crippen molar-refractivity contribution in [2.24, 2.45) is 0 Å². The predicted octanol–water partition coefficient (Wildman–Crippen LogP) is -1.33. The molecule has 0 amide bonds. The van der Waals surface area contributed by atoms with Crippen LogP contribution in [-0.2, 0) is 21.1 Å². The van der Waals surface area contributed by atoms with Gasteiger partial charge in [0.15, 0.2) is 0 Å². The second-order valence-corrected chi connectivity index (χ2v) is 1.22. The molecule has 2 N–H and O–H groups in total. The zero-order valence-corrected chi connectivity index (χ0v) is 7.37. The molecule has 0 aromatic carbocycles. The van der Waals surface area contributed by atoms with Crippen LogP contribution in [0.15, 0.2) is 12.3 Å². The van der Waals surface area contributed by atoms with Crippen molar-refractivity contribution >= 4 is 10.2 Å². The summed E-state index contributed by atoms with van der Waals surface area (Å²) in [4.78, 5) is 0. The number of rotatable bonds is 0. The van der Waals surface area contributed by atoms with E-state index >= 15 is 0 Å². The van der Waals surface area contributed by atoms with E-state index in [0.29, 0.717) is 0 Å². The minimum atomic E-state index is 0. The molecule has 0 aliphatic carbocycles. The summed E-state index contributed by atoms with van der Waals surface area (Å²) in [6, 6.07) is 0. The fourth-order valence-corrected chi connectivity index (χ4v) is 0. The Balaban J connectivity index is -0.0000000200. The third-order valence-corrected chi connectivity index (χ3v) is 0. The zero-order valence-electron chi connectivity index (χ0n) is 3.10. The first-order chi connectivity index (χ1) is 1.41. The average molecular weight is 271 g/mol. The summed E-state index contributed by atoms with van der Waals surface area (Å²) in [7, 11) is 1.13. The van der Waals surface area contributed by atoms with Crippen LogP contribution in [0.3, 0.4) is 0 Å². The molecule has 5 heavy (non-hydrogen) atoms. The van der Waals surface area contributed by atoms with Crippen LogP contribution in [0.2, 0.25) is 0 Å². The molecule has 1 nitrogen and oxygen atoms in total. The normalized spacial score (nSPS) is 3.20. The monoisotopic (exact) mass is 271 g/mol. The third-order valence-electron chi connectivity index (χ3n) is 0. The molecule has 0 aliphatic rings. The van der Waals surface area contributed by atoms with Crippen molar-refractivity contribution in [3.63, 3.8) is 0 Å². The maximum atomic E-state index is 3.42. The molecule has 0 atom stereocenters. The van der Waals surface area contributed by atoms with Gasteiger partial charge in [0.2, 0.25) is 0 Å². The standard InChI is InChI=1S/C2H6Si.H2O.Pt/c1-2-3;;/h2H,1H2,3H3;1H2;. The van der Waals surface area contributed by atoms with Gasteiger partial charge < -0.3 is 5.48 Å². The molecule has 0 saturated carbocycles. The van der Waals surface area contributed by atoms with Crippen LogP contribution in [0, 0.1) is 0 Å². The fourth-order valence-electron chi connectivity index (χ4n) is 0. The van der Waals surface area contributed by atoms with Gasteiger partial charge in [-0.1, -0.05) is 0 Å². The predicted molar refractivity (Wildman–Crippen MR) is 23.7 cm³/mol.